The van der Waals surface area contributed by atoms with Gasteiger partial charge in [0.15, 0.2) is 6.10 Å². The van der Waals surface area contributed by atoms with E-state index in [0.29, 0.717) is 19.3 Å². The molecular formula is C67H128O6. The van der Waals surface area contributed by atoms with Crippen molar-refractivity contribution in [2.24, 2.45) is 0 Å². The van der Waals surface area contributed by atoms with E-state index in [9.17, 15) is 14.4 Å². The first-order chi connectivity index (χ1) is 36.0. The molecule has 0 fully saturated rings. The summed E-state index contributed by atoms with van der Waals surface area (Å²) in [6.07, 6.45) is 74.4. The van der Waals surface area contributed by atoms with Crippen molar-refractivity contribution in [3.63, 3.8) is 0 Å². The van der Waals surface area contributed by atoms with Crippen LogP contribution in [0.25, 0.3) is 0 Å². The third-order valence-corrected chi connectivity index (χ3v) is 15.3. The first kappa shape index (κ1) is 71.2. The highest BCUT2D eigenvalue weighted by Gasteiger charge is 2.19. The van der Waals surface area contributed by atoms with Crippen molar-refractivity contribution in [1.29, 1.82) is 0 Å². The molecule has 1 atom stereocenters. The number of allylic oxidation sites excluding steroid dienone is 2. The molecule has 0 spiro atoms. The number of carbonyl (C=O) groups excluding carboxylic acids is 3. The average Bonchev–Trinajstić information content (AvgIpc) is 3.39. The number of esters is 3. The van der Waals surface area contributed by atoms with Crippen molar-refractivity contribution < 1.29 is 28.6 Å². The molecule has 6 nitrogen and oxygen atoms in total. The van der Waals surface area contributed by atoms with Crippen molar-refractivity contribution in [2.45, 2.75) is 386 Å². The van der Waals surface area contributed by atoms with Gasteiger partial charge in [-0.3, -0.25) is 14.4 Å². The number of carbonyl (C=O) groups is 3. The second-order valence-electron chi connectivity index (χ2n) is 22.7. The molecule has 0 aliphatic carbocycles. The summed E-state index contributed by atoms with van der Waals surface area (Å²) in [5.41, 5.74) is 0. The molecule has 1 unspecified atom stereocenters. The fraction of sp³-hybridized carbons (Fsp3) is 0.925. The summed E-state index contributed by atoms with van der Waals surface area (Å²) in [5, 5.41) is 0. The highest BCUT2D eigenvalue weighted by molar-refractivity contribution is 5.71. The van der Waals surface area contributed by atoms with Crippen molar-refractivity contribution in [3.8, 4) is 0 Å². The standard InChI is InChI=1S/C67H128O6/c1-4-7-10-13-15-17-19-21-23-25-26-27-28-29-30-31-32-33-34-35-36-37-38-39-40-42-43-45-47-49-51-54-57-60-66(69)72-63-64(62-71-65(68)59-56-53-12-9-6-3)73-67(70)61-58-55-52-50-48-46-44-41-24-22-20-18-16-14-11-8-5-2/h25-26,64H,4-24,27-63H2,1-3H3/b26-25-. The number of unbranched alkanes of at least 4 members (excludes halogenated alkanes) is 49. The van der Waals surface area contributed by atoms with Crippen LogP contribution in [0.3, 0.4) is 0 Å². The minimum Gasteiger partial charge on any atom is -0.462 e. The maximum absolute atomic E-state index is 12.8. The zero-order valence-electron chi connectivity index (χ0n) is 49.7. The van der Waals surface area contributed by atoms with Gasteiger partial charge in [0.1, 0.15) is 13.2 Å². The lowest BCUT2D eigenvalue weighted by atomic mass is 10.0. The van der Waals surface area contributed by atoms with Gasteiger partial charge in [0, 0.05) is 19.3 Å². The molecule has 0 saturated carbocycles. The minimum atomic E-state index is -0.761. The van der Waals surface area contributed by atoms with Crippen LogP contribution in [0, 0.1) is 0 Å². The van der Waals surface area contributed by atoms with Gasteiger partial charge < -0.3 is 14.2 Å². The Hall–Kier alpha value is -1.85. The zero-order valence-corrected chi connectivity index (χ0v) is 49.7. The summed E-state index contributed by atoms with van der Waals surface area (Å²) in [4.78, 5) is 37.9. The molecule has 0 aromatic heterocycles. The molecule has 0 saturated heterocycles. The minimum absolute atomic E-state index is 0.0638. The summed E-state index contributed by atoms with van der Waals surface area (Å²) >= 11 is 0. The topological polar surface area (TPSA) is 78.9 Å². The van der Waals surface area contributed by atoms with Gasteiger partial charge in [-0.15, -0.1) is 0 Å². The van der Waals surface area contributed by atoms with Crippen LogP contribution in [-0.4, -0.2) is 37.2 Å². The van der Waals surface area contributed by atoms with Crippen LogP contribution in [0.15, 0.2) is 12.2 Å². The number of hydrogen-bond donors (Lipinski definition) is 0. The largest absolute Gasteiger partial charge is 0.462 e. The third-order valence-electron chi connectivity index (χ3n) is 15.3. The van der Waals surface area contributed by atoms with Crippen molar-refractivity contribution in [1.82, 2.24) is 0 Å². The summed E-state index contributed by atoms with van der Waals surface area (Å²) < 4.78 is 16.8. The van der Waals surface area contributed by atoms with Crippen molar-refractivity contribution >= 4 is 17.9 Å². The van der Waals surface area contributed by atoms with E-state index in [4.69, 9.17) is 14.2 Å². The normalized spacial score (nSPS) is 12.0. The molecule has 0 N–H and O–H groups in total. The molecule has 0 bridgehead atoms. The van der Waals surface area contributed by atoms with E-state index in [2.05, 4.69) is 32.9 Å². The van der Waals surface area contributed by atoms with E-state index in [0.717, 1.165) is 64.2 Å². The van der Waals surface area contributed by atoms with Crippen molar-refractivity contribution in [3.05, 3.63) is 12.2 Å². The first-order valence-electron chi connectivity index (χ1n) is 33.2. The Kier molecular flexibility index (Phi) is 61.1. The van der Waals surface area contributed by atoms with Gasteiger partial charge in [-0.05, 0) is 44.9 Å². The van der Waals surface area contributed by atoms with Crippen LogP contribution in [0.1, 0.15) is 380 Å². The maximum Gasteiger partial charge on any atom is 0.306 e. The van der Waals surface area contributed by atoms with Gasteiger partial charge in [-0.1, -0.05) is 328 Å². The summed E-state index contributed by atoms with van der Waals surface area (Å²) in [7, 11) is 0. The highest BCUT2D eigenvalue weighted by Crippen LogP contribution is 2.18. The molecular weight excluding hydrogens is 901 g/mol. The van der Waals surface area contributed by atoms with E-state index in [-0.39, 0.29) is 31.1 Å². The number of rotatable bonds is 62. The maximum atomic E-state index is 12.8. The molecule has 0 heterocycles. The zero-order chi connectivity index (χ0) is 52.9. The van der Waals surface area contributed by atoms with E-state index < -0.39 is 6.10 Å². The van der Waals surface area contributed by atoms with E-state index in [1.54, 1.807) is 0 Å². The number of hydrogen-bond acceptors (Lipinski definition) is 6. The molecule has 0 aliphatic heterocycles. The molecule has 0 aromatic carbocycles. The molecule has 0 radical (unpaired) electrons. The van der Waals surface area contributed by atoms with Crippen LogP contribution in [-0.2, 0) is 28.6 Å². The van der Waals surface area contributed by atoms with Crippen LogP contribution >= 0.6 is 0 Å². The molecule has 0 aliphatic rings. The van der Waals surface area contributed by atoms with Gasteiger partial charge in [0.2, 0.25) is 0 Å². The predicted octanol–water partition coefficient (Wildman–Crippen LogP) is 22.4. The van der Waals surface area contributed by atoms with E-state index in [1.165, 1.54) is 276 Å². The average molecular weight is 1030 g/mol. The molecule has 73 heavy (non-hydrogen) atoms. The fourth-order valence-electron chi connectivity index (χ4n) is 10.3. The second-order valence-corrected chi connectivity index (χ2v) is 22.7. The lowest BCUT2D eigenvalue weighted by Gasteiger charge is -2.18. The van der Waals surface area contributed by atoms with Crippen LogP contribution in [0.4, 0.5) is 0 Å². The fourth-order valence-corrected chi connectivity index (χ4v) is 10.3. The Labute approximate surface area is 456 Å². The lowest BCUT2D eigenvalue weighted by Crippen LogP contribution is -2.30. The van der Waals surface area contributed by atoms with Crippen molar-refractivity contribution in [2.75, 3.05) is 13.2 Å². The Bertz CT molecular complexity index is 1130. The number of ether oxygens (including phenoxy) is 3. The Morgan fingerprint density at radius 2 is 0.452 bits per heavy atom. The molecule has 0 amide bonds. The highest BCUT2D eigenvalue weighted by atomic mass is 16.6. The molecule has 0 rings (SSSR count). The van der Waals surface area contributed by atoms with Gasteiger partial charge in [0.25, 0.3) is 0 Å². The lowest BCUT2D eigenvalue weighted by molar-refractivity contribution is -0.167. The Morgan fingerprint density at radius 1 is 0.260 bits per heavy atom. The van der Waals surface area contributed by atoms with Crippen LogP contribution in [0.2, 0.25) is 0 Å². The quantitative estimate of drug-likeness (QED) is 0.0261. The summed E-state index contributed by atoms with van der Waals surface area (Å²) in [6.45, 7) is 6.62. The monoisotopic (exact) mass is 1030 g/mol. The first-order valence-corrected chi connectivity index (χ1v) is 33.2. The summed E-state index contributed by atoms with van der Waals surface area (Å²) in [6, 6.07) is 0. The van der Waals surface area contributed by atoms with Gasteiger partial charge in [0.05, 0.1) is 0 Å². The molecule has 6 heteroatoms. The third kappa shape index (κ3) is 60.9. The predicted molar refractivity (Wildman–Crippen MR) is 317 cm³/mol. The molecule has 0 aromatic rings. The van der Waals surface area contributed by atoms with Crippen LogP contribution in [0.5, 0.6) is 0 Å². The van der Waals surface area contributed by atoms with E-state index >= 15 is 0 Å². The Morgan fingerprint density at radius 3 is 0.685 bits per heavy atom. The summed E-state index contributed by atoms with van der Waals surface area (Å²) in [5.74, 6) is -0.851. The van der Waals surface area contributed by atoms with Gasteiger partial charge in [-0.25, -0.2) is 0 Å². The van der Waals surface area contributed by atoms with E-state index in [1.807, 2.05) is 0 Å². The Balaban J connectivity index is 3.86. The second kappa shape index (κ2) is 62.7. The van der Waals surface area contributed by atoms with Gasteiger partial charge >= 0.3 is 17.9 Å². The van der Waals surface area contributed by atoms with Crippen LogP contribution < -0.4 is 0 Å². The SMILES string of the molecule is CCCCCCCCCC/C=C\CCCCCCCCCCCCCCCCCCCCCCCC(=O)OCC(COC(=O)CCCCCCC)OC(=O)CCCCCCCCCCCCCCCCCCC. The molecule has 432 valence electrons. The van der Waals surface area contributed by atoms with Gasteiger partial charge in [-0.2, -0.15) is 0 Å². The smallest absolute Gasteiger partial charge is 0.306 e.